The topological polar surface area (TPSA) is 47.9 Å². The van der Waals surface area contributed by atoms with Gasteiger partial charge < -0.3 is 9.47 Å². The van der Waals surface area contributed by atoms with Crippen molar-refractivity contribution in [3.05, 3.63) is 95.6 Å². The van der Waals surface area contributed by atoms with Crippen LogP contribution in [-0.2, 0) is 23.5 Å². The molecule has 1 aliphatic carbocycles. The molecule has 4 heteroatoms. The van der Waals surface area contributed by atoms with E-state index in [1.54, 1.807) is 6.08 Å². The number of nitrogens with zero attached hydrogens (tertiary/aromatic N) is 1. The highest BCUT2D eigenvalue weighted by Crippen LogP contribution is 2.50. The van der Waals surface area contributed by atoms with Crippen molar-refractivity contribution in [2.24, 2.45) is 4.99 Å². The van der Waals surface area contributed by atoms with Gasteiger partial charge in [-0.25, -0.2) is 4.79 Å². The lowest BCUT2D eigenvalue weighted by Crippen LogP contribution is -2.32. The highest BCUT2D eigenvalue weighted by Gasteiger charge is 2.42. The summed E-state index contributed by atoms with van der Waals surface area (Å²) < 4.78 is 12.4. The Morgan fingerprint density at radius 3 is 1.97 bits per heavy atom. The monoisotopic (exact) mass is 385 g/mol. The summed E-state index contributed by atoms with van der Waals surface area (Å²) in [5, 5.41) is 0. The second-order valence-electron chi connectivity index (χ2n) is 7.27. The Hall–Kier alpha value is -3.36. The molecule has 0 unspecified atom stereocenters. The number of isocyanates is 1. The van der Waals surface area contributed by atoms with Gasteiger partial charge in [-0.3, -0.25) is 0 Å². The molecule has 0 aliphatic heterocycles. The first-order valence-corrected chi connectivity index (χ1v) is 9.87. The summed E-state index contributed by atoms with van der Waals surface area (Å²) in [4.78, 5) is 15.3. The Morgan fingerprint density at radius 2 is 1.41 bits per heavy atom. The Labute approximate surface area is 170 Å². The van der Waals surface area contributed by atoms with E-state index in [1.165, 1.54) is 0 Å². The molecule has 0 radical (unpaired) electrons. The average molecular weight is 385 g/mol. The van der Waals surface area contributed by atoms with E-state index in [0.29, 0.717) is 24.7 Å². The second-order valence-corrected chi connectivity index (χ2v) is 7.27. The van der Waals surface area contributed by atoms with Gasteiger partial charge in [0, 0.05) is 5.56 Å². The Kier molecular flexibility index (Phi) is 5.73. The number of aliphatic imine (C=N–C) groups is 1. The largest absolute Gasteiger partial charge is 0.485 e. The molecule has 3 aromatic carbocycles. The van der Waals surface area contributed by atoms with Gasteiger partial charge in [-0.15, -0.1) is 0 Å². The van der Waals surface area contributed by atoms with Crippen LogP contribution in [0.5, 0.6) is 11.5 Å². The normalized spacial score (nSPS) is 14.3. The van der Waals surface area contributed by atoms with Crippen LogP contribution in [0.2, 0.25) is 0 Å². The number of para-hydroxylation sites is 1. The molecule has 0 bridgehead atoms. The molecular weight excluding hydrogens is 362 g/mol. The van der Waals surface area contributed by atoms with Gasteiger partial charge in [-0.1, -0.05) is 72.8 Å². The van der Waals surface area contributed by atoms with Crippen LogP contribution in [0.1, 0.15) is 36.0 Å². The molecule has 0 spiro atoms. The smallest absolute Gasteiger partial charge is 0.235 e. The lowest BCUT2D eigenvalue weighted by molar-refractivity contribution is 0.219. The number of benzene rings is 3. The fraction of sp³-hybridized carbons (Fsp3) is 0.240. The maximum Gasteiger partial charge on any atom is 0.235 e. The summed E-state index contributed by atoms with van der Waals surface area (Å²) >= 11 is 0. The molecule has 4 rings (SSSR count). The van der Waals surface area contributed by atoms with E-state index in [1.807, 2.05) is 78.9 Å². The maximum atomic E-state index is 11.1. The van der Waals surface area contributed by atoms with Crippen molar-refractivity contribution in [1.29, 1.82) is 0 Å². The van der Waals surface area contributed by atoms with E-state index < -0.39 is 5.54 Å². The highest BCUT2D eigenvalue weighted by atomic mass is 16.5. The number of hydrogen-bond acceptors (Lipinski definition) is 4. The van der Waals surface area contributed by atoms with Crippen LogP contribution >= 0.6 is 0 Å². The molecule has 1 saturated carbocycles. The second kappa shape index (κ2) is 8.76. The van der Waals surface area contributed by atoms with Crippen LogP contribution in [-0.4, -0.2) is 6.08 Å². The third-order valence-electron chi connectivity index (χ3n) is 5.38. The number of rotatable bonds is 8. The molecule has 146 valence electrons. The summed E-state index contributed by atoms with van der Waals surface area (Å²) in [6.45, 7) is 0.858. The van der Waals surface area contributed by atoms with Gasteiger partial charge >= 0.3 is 0 Å². The highest BCUT2D eigenvalue weighted by molar-refractivity contribution is 5.52. The lowest BCUT2D eigenvalue weighted by Gasteiger charge is -2.38. The Morgan fingerprint density at radius 1 is 0.793 bits per heavy atom. The van der Waals surface area contributed by atoms with Gasteiger partial charge in [0.25, 0.3) is 0 Å². The van der Waals surface area contributed by atoms with Crippen molar-refractivity contribution >= 4 is 6.08 Å². The van der Waals surface area contributed by atoms with Crippen molar-refractivity contribution in [2.75, 3.05) is 0 Å². The van der Waals surface area contributed by atoms with Gasteiger partial charge in [-0.2, -0.15) is 4.99 Å². The molecule has 0 saturated heterocycles. The first-order valence-electron chi connectivity index (χ1n) is 9.87. The predicted octanol–water partition coefficient (Wildman–Crippen LogP) is 5.56. The van der Waals surface area contributed by atoms with E-state index in [2.05, 4.69) is 4.99 Å². The molecule has 0 N–H and O–H groups in total. The minimum Gasteiger partial charge on any atom is -0.485 e. The van der Waals surface area contributed by atoms with Gasteiger partial charge in [0.15, 0.2) is 11.5 Å². The maximum absolute atomic E-state index is 11.1. The quantitative estimate of drug-likeness (QED) is 0.377. The molecule has 1 fully saturated rings. The van der Waals surface area contributed by atoms with E-state index >= 15 is 0 Å². The van der Waals surface area contributed by atoms with E-state index in [9.17, 15) is 4.79 Å². The van der Waals surface area contributed by atoms with Crippen molar-refractivity contribution in [3.63, 3.8) is 0 Å². The number of ether oxygens (including phenoxy) is 2. The Balaban J connectivity index is 1.65. The minimum absolute atomic E-state index is 0.417. The lowest BCUT2D eigenvalue weighted by atomic mass is 9.72. The van der Waals surface area contributed by atoms with E-state index in [-0.39, 0.29) is 0 Å². The van der Waals surface area contributed by atoms with Gasteiger partial charge in [-0.05, 0) is 36.5 Å². The van der Waals surface area contributed by atoms with Crippen LogP contribution in [0.15, 0.2) is 83.9 Å². The standard InChI is InChI=1S/C25H23NO3/c27-19-26-25(15-8-16-25)22-13-7-14-23(28-17-20-9-3-1-4-10-20)24(22)29-18-21-11-5-2-6-12-21/h1-7,9-14H,8,15-18H2. The zero-order valence-corrected chi connectivity index (χ0v) is 16.2. The Bertz CT molecular complexity index is 991. The summed E-state index contributed by atoms with van der Waals surface area (Å²) in [5.41, 5.74) is 2.49. The number of hydrogen-bond donors (Lipinski definition) is 0. The third-order valence-corrected chi connectivity index (χ3v) is 5.38. The van der Waals surface area contributed by atoms with E-state index in [0.717, 1.165) is 36.0 Å². The summed E-state index contributed by atoms with van der Waals surface area (Å²) in [5.74, 6) is 1.32. The molecule has 4 nitrogen and oxygen atoms in total. The third kappa shape index (κ3) is 4.23. The summed E-state index contributed by atoms with van der Waals surface area (Å²) in [6, 6.07) is 25.8. The van der Waals surface area contributed by atoms with Gasteiger partial charge in [0.2, 0.25) is 6.08 Å². The first-order chi connectivity index (χ1) is 14.3. The SMILES string of the molecule is O=C=NC1(c2cccc(OCc3ccccc3)c2OCc2ccccc2)CCC1. The van der Waals surface area contributed by atoms with Gasteiger partial charge in [0.1, 0.15) is 18.8 Å². The molecule has 29 heavy (non-hydrogen) atoms. The van der Waals surface area contributed by atoms with Crippen LogP contribution < -0.4 is 9.47 Å². The average Bonchev–Trinajstić information content (AvgIpc) is 2.75. The number of carbonyl (C=O) groups excluding carboxylic acids is 1. The van der Waals surface area contributed by atoms with Crippen LogP contribution in [0.3, 0.4) is 0 Å². The van der Waals surface area contributed by atoms with Crippen molar-refractivity contribution < 1.29 is 14.3 Å². The van der Waals surface area contributed by atoms with Crippen LogP contribution in [0.4, 0.5) is 0 Å². The van der Waals surface area contributed by atoms with E-state index in [4.69, 9.17) is 9.47 Å². The summed E-state index contributed by atoms with van der Waals surface area (Å²) in [6.07, 6.45) is 4.42. The zero-order valence-electron chi connectivity index (χ0n) is 16.2. The first kappa shape index (κ1) is 19.0. The fourth-order valence-corrected chi connectivity index (χ4v) is 3.65. The van der Waals surface area contributed by atoms with Crippen molar-refractivity contribution in [2.45, 2.75) is 38.0 Å². The van der Waals surface area contributed by atoms with Crippen LogP contribution in [0.25, 0.3) is 0 Å². The van der Waals surface area contributed by atoms with Crippen molar-refractivity contribution in [3.8, 4) is 11.5 Å². The molecule has 0 amide bonds. The fourth-order valence-electron chi connectivity index (χ4n) is 3.65. The molecule has 0 heterocycles. The van der Waals surface area contributed by atoms with Gasteiger partial charge in [0.05, 0.1) is 0 Å². The molecule has 0 aromatic heterocycles. The minimum atomic E-state index is -0.556. The molecular formula is C25H23NO3. The summed E-state index contributed by atoms with van der Waals surface area (Å²) in [7, 11) is 0. The van der Waals surface area contributed by atoms with Crippen molar-refractivity contribution in [1.82, 2.24) is 0 Å². The van der Waals surface area contributed by atoms with Crippen LogP contribution in [0, 0.1) is 0 Å². The molecule has 3 aromatic rings. The predicted molar refractivity (Wildman–Crippen MR) is 112 cm³/mol. The molecule has 0 atom stereocenters. The molecule has 1 aliphatic rings. The zero-order chi connectivity index (χ0) is 19.9.